The number of phenolic OH excluding ortho intramolecular Hbond substituents is 6. The number of aliphatic hydroxyl groups is 1. The normalized spacial score (nSPS) is 26.2. The Kier molecular flexibility index (Phi) is 16.2. The van der Waals surface area contributed by atoms with Crippen LogP contribution >= 0.6 is 23.2 Å². The number of carboxylic acid groups (broad SMARTS) is 1. The minimum absolute atomic E-state index is 0.0430. The molecule has 7 amide bonds. The van der Waals surface area contributed by atoms with Crippen LogP contribution in [-0.4, -0.2) is 106 Å². The van der Waals surface area contributed by atoms with Crippen LogP contribution in [-0.2, 0) is 44.7 Å². The first-order chi connectivity index (χ1) is 46.8. The van der Waals surface area contributed by atoms with Gasteiger partial charge in [0.25, 0.3) is 0 Å². The Morgan fingerprint density at radius 1 is 0.510 bits per heavy atom. The van der Waals surface area contributed by atoms with Crippen molar-refractivity contribution in [2.45, 2.75) is 98.9 Å². The average Bonchev–Trinajstić information content (AvgIpc) is 0.758. The number of benzene rings is 7. The van der Waals surface area contributed by atoms with Crippen molar-refractivity contribution >= 4 is 70.7 Å². The number of aromatic hydroxyl groups is 6. The molecule has 4 fully saturated rings. The molecule has 7 aromatic rings. The van der Waals surface area contributed by atoms with E-state index in [4.69, 9.17) is 42.1 Å². The summed E-state index contributed by atoms with van der Waals surface area (Å²) < 4.78 is 25.0. The summed E-state index contributed by atoms with van der Waals surface area (Å²) in [5.41, 5.74) is -3.00. The van der Waals surface area contributed by atoms with E-state index in [0.29, 0.717) is 37.0 Å². The van der Waals surface area contributed by atoms with Crippen LogP contribution in [0.15, 0.2) is 115 Å². The van der Waals surface area contributed by atoms with Gasteiger partial charge < -0.3 is 97.0 Å². The van der Waals surface area contributed by atoms with Gasteiger partial charge in [-0.15, -0.1) is 0 Å². The van der Waals surface area contributed by atoms with Crippen LogP contribution in [0.4, 0.5) is 4.79 Å². The summed E-state index contributed by atoms with van der Waals surface area (Å²) in [6, 6.07) is 7.70. The monoisotopic (exact) mass is 1380 g/mol. The number of carbonyl (C=O) groups excluding carboxylic acids is 7. The van der Waals surface area contributed by atoms with Crippen LogP contribution < -0.4 is 51.4 Å². The quantitative estimate of drug-likeness (QED) is 0.0804. The van der Waals surface area contributed by atoms with Crippen molar-refractivity contribution in [3.63, 3.8) is 0 Å². The third-order valence-corrected chi connectivity index (χ3v) is 19.5. The number of nitrogens with one attached hydrogen (secondary N) is 7. The number of aliphatic carboxylic acids is 1. The topological polar surface area (TPSA) is 420 Å². The molecular formula is C69H59Cl2N7O20. The van der Waals surface area contributed by atoms with Crippen LogP contribution in [0.2, 0.25) is 10.0 Å². The molecule has 17 rings (SSSR count). The molecule has 29 heteroatoms. The Balaban J connectivity index is 0.922. The van der Waals surface area contributed by atoms with Gasteiger partial charge in [0.2, 0.25) is 41.2 Å². The molecule has 8 atom stereocenters. The van der Waals surface area contributed by atoms with Crippen molar-refractivity contribution in [3.05, 3.63) is 164 Å². The molecule has 0 saturated heterocycles. The lowest BCUT2D eigenvalue weighted by molar-refractivity contribution is -0.143. The molecule has 0 aromatic heterocycles. The summed E-state index contributed by atoms with van der Waals surface area (Å²) in [6.45, 7) is 0. The summed E-state index contributed by atoms with van der Waals surface area (Å²) >= 11 is 13.9. The zero-order chi connectivity index (χ0) is 68.9. The minimum atomic E-state index is -2.21. The number of halogens is 2. The average molecular weight is 1380 g/mol. The molecule has 4 aliphatic carbocycles. The van der Waals surface area contributed by atoms with Crippen molar-refractivity contribution in [3.8, 4) is 80.1 Å². The Morgan fingerprint density at radius 2 is 1.08 bits per heavy atom. The number of carbonyl (C=O) groups is 8. The molecular weight excluding hydrogens is 1320 g/mol. The van der Waals surface area contributed by atoms with E-state index < -0.39 is 171 Å². The molecule has 21 bridgehead atoms. The Hall–Kier alpha value is -11.2. The van der Waals surface area contributed by atoms with Crippen LogP contribution in [0.25, 0.3) is 11.1 Å². The molecule has 6 aliphatic heterocycles. The number of hydrogen-bond donors (Lipinski definition) is 15. The van der Waals surface area contributed by atoms with Crippen LogP contribution in [0.3, 0.4) is 0 Å². The van der Waals surface area contributed by atoms with E-state index in [1.54, 1.807) is 0 Å². The van der Waals surface area contributed by atoms with Gasteiger partial charge in [-0.05, 0) is 169 Å². The van der Waals surface area contributed by atoms with Crippen molar-refractivity contribution in [2.24, 2.45) is 17.8 Å². The Bertz CT molecular complexity index is 4550. The fourth-order valence-corrected chi connectivity index (χ4v) is 15.3. The minimum Gasteiger partial charge on any atom is -0.508 e. The van der Waals surface area contributed by atoms with E-state index in [1.165, 1.54) is 54.6 Å². The first kappa shape index (κ1) is 64.2. The number of ether oxygens (including phenoxy) is 4. The number of aliphatic hydroxyl groups excluding tert-OH is 1. The molecule has 0 spiro atoms. The van der Waals surface area contributed by atoms with Gasteiger partial charge in [-0.1, -0.05) is 47.5 Å². The third kappa shape index (κ3) is 12.2. The highest BCUT2D eigenvalue weighted by molar-refractivity contribution is 6.32. The van der Waals surface area contributed by atoms with Crippen LogP contribution in [0.1, 0.15) is 114 Å². The van der Waals surface area contributed by atoms with Crippen LogP contribution in [0.5, 0.6) is 69.0 Å². The molecule has 98 heavy (non-hydrogen) atoms. The maximum absolute atomic E-state index is 15.9. The fourth-order valence-electron chi connectivity index (χ4n) is 14.9. The smallest absolute Gasteiger partial charge is 0.408 e. The summed E-state index contributed by atoms with van der Waals surface area (Å²) in [7, 11) is 0. The lowest BCUT2D eigenvalue weighted by Gasteiger charge is -2.55. The summed E-state index contributed by atoms with van der Waals surface area (Å²) in [4.78, 5) is 120. The van der Waals surface area contributed by atoms with E-state index in [1.807, 2.05) is 0 Å². The number of carboxylic acids is 1. The van der Waals surface area contributed by atoms with Crippen molar-refractivity contribution < 1.29 is 98.2 Å². The second kappa shape index (κ2) is 24.8. The van der Waals surface area contributed by atoms with Crippen molar-refractivity contribution in [2.75, 3.05) is 0 Å². The van der Waals surface area contributed by atoms with E-state index in [0.717, 1.165) is 79.9 Å². The Labute approximate surface area is 564 Å². The maximum Gasteiger partial charge on any atom is 0.408 e. The van der Waals surface area contributed by atoms with E-state index in [-0.39, 0.29) is 66.4 Å². The molecule has 6 heterocycles. The molecule has 10 aliphatic rings. The predicted molar refractivity (Wildman–Crippen MR) is 341 cm³/mol. The molecule has 504 valence electrons. The number of amides is 7. The zero-order valence-corrected chi connectivity index (χ0v) is 52.5. The van der Waals surface area contributed by atoms with Gasteiger partial charge in [-0.3, -0.25) is 28.8 Å². The van der Waals surface area contributed by atoms with E-state index >= 15 is 24.0 Å². The largest absolute Gasteiger partial charge is 0.508 e. The SMILES string of the molecule is O=C(NC1C(=O)NC2Cc3ccc(c(Cl)c3)Oc3cc4cc(c3O)Oc3ccc(cc3Cl)C(O)C3NC(=O)C(NC(=O)C4NC(=O)C(NC2=O)c2cc(O)cc(c2)Oc2cc1ccc2O)c1ccc(O)c(c1)-c1c(O)cc(O)cc1[C@H](C(=O)O)NC3=O)OC12CC3CC(CC(C3)C1)C2. The Morgan fingerprint density at radius 3 is 1.73 bits per heavy atom. The van der Waals surface area contributed by atoms with Gasteiger partial charge in [-0.25, -0.2) is 9.59 Å². The van der Waals surface area contributed by atoms with Crippen molar-refractivity contribution in [1.29, 1.82) is 0 Å². The number of hydrogen-bond acceptors (Lipinski definition) is 19. The molecule has 4 saturated carbocycles. The standard InChI is InChI=1S/C69H59Cl2N7O20/c70-41-12-27-1-7-47(41)96-50-19-35-20-51(60(50)85)97-48-8-4-33(17-42(48)71)59(84)58-66(91)76-57(67(92)93)40-22-37(80)23-46(83)52(40)39-16-31(2-5-44(39)81)53(63(88)77-58)74-65(90)56(35)75-64(89)55-34-14-36(79)21-38(15-34)95-49-18-32(3-6-45(49)82)54(62(87)72-43(13-27)61(86)73-55)78-68(94)98-69-24-28-9-29(25-69)11-30(10-28)26-69/h1-8,12,14-23,28-30,43,53-59,79-85H,9-11,13,24-26H2,(H,72,87)(H,73,86)(H,74,90)(H,75,89)(H,76,91)(H,77,88)(H,78,94)(H,92,93)/t28?,29?,30?,43?,53?,54?,55?,56?,57-,58?,59?,69?/m1/s1. The lowest BCUT2D eigenvalue weighted by atomic mass is 9.54. The highest BCUT2D eigenvalue weighted by Crippen LogP contribution is 2.57. The molecule has 7 unspecified atom stereocenters. The highest BCUT2D eigenvalue weighted by Gasteiger charge is 2.54. The van der Waals surface area contributed by atoms with Gasteiger partial charge in [0, 0.05) is 35.2 Å². The second-order valence-electron chi connectivity index (χ2n) is 25.7. The first-order valence-corrected chi connectivity index (χ1v) is 31.8. The summed E-state index contributed by atoms with van der Waals surface area (Å²) in [6.07, 6.45) is 1.55. The molecule has 0 radical (unpaired) electrons. The molecule has 27 nitrogen and oxygen atoms in total. The molecule has 7 aromatic carbocycles. The summed E-state index contributed by atoms with van der Waals surface area (Å²) in [5.74, 6) is -14.3. The maximum atomic E-state index is 15.9. The number of alkyl carbamates (subject to hydrolysis) is 1. The van der Waals surface area contributed by atoms with Gasteiger partial charge in [0.1, 0.15) is 88.2 Å². The summed E-state index contributed by atoms with van der Waals surface area (Å²) in [5, 5.41) is 109. The van der Waals surface area contributed by atoms with Gasteiger partial charge in [-0.2, -0.15) is 0 Å². The van der Waals surface area contributed by atoms with Gasteiger partial charge >= 0.3 is 12.1 Å². The predicted octanol–water partition coefficient (Wildman–Crippen LogP) is 7.72. The number of rotatable bonds is 3. The van der Waals surface area contributed by atoms with Gasteiger partial charge in [0.05, 0.1) is 10.0 Å². The number of fused-ring (bicyclic) bond motifs is 14. The second-order valence-corrected chi connectivity index (χ2v) is 26.5. The number of phenols is 6. The van der Waals surface area contributed by atoms with E-state index in [2.05, 4.69) is 37.2 Å². The van der Waals surface area contributed by atoms with Crippen molar-refractivity contribution in [1.82, 2.24) is 37.2 Å². The lowest BCUT2D eigenvalue weighted by Crippen LogP contribution is -2.56. The van der Waals surface area contributed by atoms with E-state index in [9.17, 15) is 55.2 Å². The highest BCUT2D eigenvalue weighted by atomic mass is 35.5. The van der Waals surface area contributed by atoms with Gasteiger partial charge in [0.15, 0.2) is 29.0 Å². The molecule has 15 N–H and O–H groups in total. The zero-order valence-electron chi connectivity index (χ0n) is 51.0. The van der Waals surface area contributed by atoms with Crippen LogP contribution in [0, 0.1) is 17.8 Å². The third-order valence-electron chi connectivity index (χ3n) is 19.0. The fraction of sp³-hybridized carbons (Fsp3) is 0.275. The first-order valence-electron chi connectivity index (χ1n) is 31.1.